The quantitative estimate of drug-likeness (QED) is 0.697. The first-order valence-electron chi connectivity index (χ1n) is 10.1. The second-order valence-electron chi connectivity index (χ2n) is 8.27. The summed E-state index contributed by atoms with van der Waals surface area (Å²) in [6, 6.07) is 9.27. The molecule has 1 unspecified atom stereocenters. The molecule has 2 aromatic rings. The summed E-state index contributed by atoms with van der Waals surface area (Å²) in [7, 11) is 0. The van der Waals surface area contributed by atoms with Crippen molar-refractivity contribution >= 4 is 17.7 Å². The minimum Gasteiger partial charge on any atom is -0.483 e. The molecule has 4 rings (SSSR count). The van der Waals surface area contributed by atoms with Crippen LogP contribution >= 0.6 is 11.8 Å². The molecule has 2 aromatic carbocycles. The Bertz CT molecular complexity index is 950. The molecule has 0 aromatic heterocycles. The Morgan fingerprint density at radius 1 is 1.27 bits per heavy atom. The van der Waals surface area contributed by atoms with Crippen molar-refractivity contribution in [3.05, 3.63) is 59.2 Å². The van der Waals surface area contributed by atoms with Crippen LogP contribution in [0.3, 0.4) is 0 Å². The van der Waals surface area contributed by atoms with Gasteiger partial charge in [-0.25, -0.2) is 8.78 Å². The second-order valence-corrected chi connectivity index (χ2v) is 9.58. The van der Waals surface area contributed by atoms with E-state index in [4.69, 9.17) is 9.47 Å². The maximum Gasteiger partial charge on any atom is 0.260 e. The van der Waals surface area contributed by atoms with Gasteiger partial charge in [-0.2, -0.15) is 11.8 Å². The topological polar surface area (TPSA) is 38.8 Å². The van der Waals surface area contributed by atoms with Crippen LogP contribution in [0.5, 0.6) is 11.5 Å². The fourth-order valence-electron chi connectivity index (χ4n) is 3.96. The lowest BCUT2D eigenvalue weighted by Crippen LogP contribution is -2.36. The van der Waals surface area contributed by atoms with E-state index in [9.17, 15) is 13.6 Å². The van der Waals surface area contributed by atoms with Crippen LogP contribution in [0.25, 0.3) is 0 Å². The molecule has 7 heteroatoms. The molecule has 1 atom stereocenters. The molecule has 0 radical (unpaired) electrons. The highest BCUT2D eigenvalue weighted by atomic mass is 32.2. The van der Waals surface area contributed by atoms with E-state index >= 15 is 0 Å². The summed E-state index contributed by atoms with van der Waals surface area (Å²) in [5.41, 5.74) is 1.16. The summed E-state index contributed by atoms with van der Waals surface area (Å²) in [6.45, 7) is 5.00. The van der Waals surface area contributed by atoms with E-state index in [2.05, 4.69) is 0 Å². The molecule has 1 saturated heterocycles. The Morgan fingerprint density at radius 2 is 2.10 bits per heavy atom. The molecule has 0 aliphatic carbocycles. The minimum absolute atomic E-state index is 0.0795. The van der Waals surface area contributed by atoms with Gasteiger partial charge in [0.1, 0.15) is 17.2 Å². The van der Waals surface area contributed by atoms with E-state index < -0.39 is 11.6 Å². The van der Waals surface area contributed by atoms with Gasteiger partial charge in [-0.1, -0.05) is 12.1 Å². The van der Waals surface area contributed by atoms with Gasteiger partial charge < -0.3 is 14.4 Å². The Hall–Kier alpha value is -2.28. The molecule has 0 bridgehead atoms. The van der Waals surface area contributed by atoms with Gasteiger partial charge in [0.2, 0.25) is 0 Å². The average Bonchev–Trinajstić information content (AvgIpc) is 2.87. The number of carbonyl (C=O) groups excluding carboxylic acids is 1. The fraction of sp³-hybridized carbons (Fsp3) is 0.435. The highest BCUT2D eigenvalue weighted by Gasteiger charge is 2.32. The monoisotopic (exact) mass is 433 g/mol. The molecule has 2 aliphatic rings. The normalized spacial score (nSPS) is 20.3. The van der Waals surface area contributed by atoms with Crippen LogP contribution < -0.4 is 9.47 Å². The van der Waals surface area contributed by atoms with E-state index in [1.165, 1.54) is 6.07 Å². The van der Waals surface area contributed by atoms with Crippen molar-refractivity contribution in [1.82, 2.24) is 4.90 Å². The summed E-state index contributed by atoms with van der Waals surface area (Å²) in [5, 5.41) is -0.174. The number of fused-ring (bicyclic) bond motifs is 1. The molecule has 2 aliphatic heterocycles. The lowest BCUT2D eigenvalue weighted by Gasteiger charge is -2.21. The maximum atomic E-state index is 14.1. The van der Waals surface area contributed by atoms with Gasteiger partial charge in [0, 0.05) is 41.6 Å². The standard InChI is InChI=1S/C23H25F2NO3S/c1-23(2)13-15-4-3-5-19(22(15)29-23)28-14-21(27)26-9-8-20(30-11-10-26)17-12-16(24)6-7-18(17)25/h3-7,12,20H,8-11,13-14H2,1-2H3. The van der Waals surface area contributed by atoms with Crippen molar-refractivity contribution in [3.63, 3.8) is 0 Å². The van der Waals surface area contributed by atoms with Crippen LogP contribution in [0.4, 0.5) is 8.78 Å². The third kappa shape index (κ3) is 4.56. The number of rotatable bonds is 4. The number of hydrogen-bond acceptors (Lipinski definition) is 4. The predicted octanol–water partition coefficient (Wildman–Crippen LogP) is 4.76. The van der Waals surface area contributed by atoms with E-state index in [1.54, 1.807) is 16.7 Å². The van der Waals surface area contributed by atoms with Gasteiger partial charge in [-0.3, -0.25) is 4.79 Å². The SMILES string of the molecule is CC1(C)Cc2cccc(OCC(=O)N3CCSC(c4cc(F)ccc4F)CC3)c2O1. The minimum atomic E-state index is -0.446. The van der Waals surface area contributed by atoms with Crippen molar-refractivity contribution in [2.24, 2.45) is 0 Å². The number of ether oxygens (including phenoxy) is 2. The second kappa shape index (κ2) is 8.46. The summed E-state index contributed by atoms with van der Waals surface area (Å²) < 4.78 is 39.5. The van der Waals surface area contributed by atoms with Crippen LogP contribution in [0.15, 0.2) is 36.4 Å². The number of carbonyl (C=O) groups is 1. The van der Waals surface area contributed by atoms with Gasteiger partial charge in [-0.05, 0) is 44.5 Å². The molecule has 1 amide bonds. The Morgan fingerprint density at radius 3 is 2.93 bits per heavy atom. The van der Waals surface area contributed by atoms with Crippen molar-refractivity contribution in [1.29, 1.82) is 0 Å². The van der Waals surface area contributed by atoms with Crippen molar-refractivity contribution < 1.29 is 23.0 Å². The molecule has 1 fully saturated rings. The number of thioether (sulfide) groups is 1. The Labute approximate surface area is 179 Å². The van der Waals surface area contributed by atoms with E-state index in [-0.39, 0.29) is 23.4 Å². The van der Waals surface area contributed by atoms with Crippen molar-refractivity contribution in [2.75, 3.05) is 25.4 Å². The Kier molecular flexibility index (Phi) is 5.91. The molecule has 2 heterocycles. The van der Waals surface area contributed by atoms with Gasteiger partial charge in [0.25, 0.3) is 5.91 Å². The zero-order chi connectivity index (χ0) is 21.3. The summed E-state index contributed by atoms with van der Waals surface area (Å²) in [6.07, 6.45) is 1.36. The number of para-hydroxylation sites is 1. The van der Waals surface area contributed by atoms with Gasteiger partial charge in [-0.15, -0.1) is 0 Å². The van der Waals surface area contributed by atoms with Gasteiger partial charge >= 0.3 is 0 Å². The highest BCUT2D eigenvalue weighted by molar-refractivity contribution is 7.99. The molecule has 0 N–H and O–H groups in total. The third-order valence-corrected chi connectivity index (χ3v) is 6.72. The molecular formula is C23H25F2NO3S. The number of hydrogen-bond donors (Lipinski definition) is 0. The number of halogens is 2. The van der Waals surface area contributed by atoms with E-state index in [0.29, 0.717) is 42.3 Å². The van der Waals surface area contributed by atoms with Crippen molar-refractivity contribution in [3.8, 4) is 11.5 Å². The van der Waals surface area contributed by atoms with Crippen LogP contribution in [-0.4, -0.2) is 41.9 Å². The average molecular weight is 434 g/mol. The van der Waals surface area contributed by atoms with Gasteiger partial charge in [0.05, 0.1) is 0 Å². The molecular weight excluding hydrogens is 408 g/mol. The number of benzene rings is 2. The fourth-order valence-corrected chi connectivity index (χ4v) is 5.20. The molecule has 0 spiro atoms. The van der Waals surface area contributed by atoms with Crippen LogP contribution in [0.2, 0.25) is 0 Å². The summed E-state index contributed by atoms with van der Waals surface area (Å²) in [5.74, 6) is 0.977. The molecule has 160 valence electrons. The van der Waals surface area contributed by atoms with E-state index in [1.807, 2.05) is 32.0 Å². The van der Waals surface area contributed by atoms with Crippen LogP contribution in [0, 0.1) is 11.6 Å². The van der Waals surface area contributed by atoms with Crippen molar-refractivity contribution in [2.45, 2.75) is 37.5 Å². The zero-order valence-electron chi connectivity index (χ0n) is 17.1. The smallest absolute Gasteiger partial charge is 0.260 e. The lowest BCUT2D eigenvalue weighted by atomic mass is 10.0. The first kappa shape index (κ1) is 21.0. The zero-order valence-corrected chi connectivity index (χ0v) is 17.9. The van der Waals surface area contributed by atoms with Crippen LogP contribution in [0.1, 0.15) is 36.6 Å². The lowest BCUT2D eigenvalue weighted by molar-refractivity contribution is -0.133. The summed E-state index contributed by atoms with van der Waals surface area (Å²) in [4.78, 5) is 14.5. The third-order valence-electron chi connectivity index (χ3n) is 5.41. The van der Waals surface area contributed by atoms with Crippen LogP contribution in [-0.2, 0) is 11.2 Å². The number of amides is 1. The highest BCUT2D eigenvalue weighted by Crippen LogP contribution is 2.42. The van der Waals surface area contributed by atoms with Gasteiger partial charge in [0.15, 0.2) is 18.1 Å². The number of nitrogens with zero attached hydrogens (tertiary/aromatic N) is 1. The Balaban J connectivity index is 1.37. The first-order valence-corrected chi connectivity index (χ1v) is 11.2. The maximum absolute atomic E-state index is 14.1. The first-order chi connectivity index (χ1) is 14.3. The summed E-state index contributed by atoms with van der Waals surface area (Å²) >= 11 is 1.55. The molecule has 0 saturated carbocycles. The predicted molar refractivity (Wildman–Crippen MR) is 113 cm³/mol. The molecule has 4 nitrogen and oxygen atoms in total. The molecule has 30 heavy (non-hydrogen) atoms. The largest absolute Gasteiger partial charge is 0.483 e. The van der Waals surface area contributed by atoms with E-state index in [0.717, 1.165) is 24.1 Å².